The van der Waals surface area contributed by atoms with Crippen LogP contribution in [-0.2, 0) is 29.1 Å². The van der Waals surface area contributed by atoms with E-state index in [2.05, 4.69) is 10.2 Å². The molecule has 0 bridgehead atoms. The first-order valence-corrected chi connectivity index (χ1v) is 18.9. The van der Waals surface area contributed by atoms with Gasteiger partial charge in [-0.15, -0.1) is 0 Å². The van der Waals surface area contributed by atoms with E-state index in [4.69, 9.17) is 10.5 Å². The van der Waals surface area contributed by atoms with Crippen LogP contribution in [0.5, 0.6) is 5.75 Å². The molecule has 4 aromatic rings. The van der Waals surface area contributed by atoms with Crippen molar-refractivity contribution in [3.05, 3.63) is 130 Å². The molecule has 1 unspecified atom stereocenters. The molecule has 10 heteroatoms. The maximum absolute atomic E-state index is 14.4. The fourth-order valence-corrected chi connectivity index (χ4v) is 7.49. The van der Waals surface area contributed by atoms with Gasteiger partial charge in [0.25, 0.3) is 11.8 Å². The molecular formula is C44H51N5O5. The summed E-state index contributed by atoms with van der Waals surface area (Å²) in [6.07, 6.45) is 6.54. The number of ether oxygens (including phenoxy) is 1. The van der Waals surface area contributed by atoms with Gasteiger partial charge < -0.3 is 30.5 Å². The van der Waals surface area contributed by atoms with Crippen molar-refractivity contribution in [2.75, 3.05) is 39.1 Å². The number of primary amides is 1. The zero-order chi connectivity index (χ0) is 38.0. The molecule has 1 heterocycles. The van der Waals surface area contributed by atoms with Crippen molar-refractivity contribution in [1.82, 2.24) is 14.7 Å². The van der Waals surface area contributed by atoms with Crippen molar-refractivity contribution in [1.29, 1.82) is 0 Å². The maximum Gasteiger partial charge on any atom is 0.255 e. The second kappa shape index (κ2) is 18.0. The number of benzene rings is 4. The standard InChI is InChI=1S/C44H51N5O5/c1-47(2)23-8-24-54-38-21-18-34(19-22-38)40-26-36-17-20-37(46-42(51)25-31-9-6-7-10-31)27-39(36)44(53)49(40)29-33-13-15-35(16-14-33)43(52)48(30-41(45)50)28-32-11-4-3-5-12-32/h3-5,11-22,27,31,40H,6-10,23-26,28-30H2,1-2H3,(H2,45,50)(H,46,51). The van der Waals surface area contributed by atoms with E-state index < -0.39 is 5.91 Å². The lowest BCUT2D eigenvalue weighted by atomic mass is 9.88. The van der Waals surface area contributed by atoms with Crippen LogP contribution in [0, 0.1) is 5.92 Å². The molecular weight excluding hydrogens is 679 g/mol. The highest BCUT2D eigenvalue weighted by Crippen LogP contribution is 2.37. The normalized spacial score (nSPS) is 15.6. The number of nitrogens with zero attached hydrogens (tertiary/aromatic N) is 3. The molecule has 10 nitrogen and oxygen atoms in total. The number of nitrogens with one attached hydrogen (secondary N) is 1. The number of fused-ring (bicyclic) bond motifs is 1. The summed E-state index contributed by atoms with van der Waals surface area (Å²) in [5, 5.41) is 3.04. The first-order valence-electron chi connectivity index (χ1n) is 18.9. The van der Waals surface area contributed by atoms with Crippen molar-refractivity contribution in [2.24, 2.45) is 11.7 Å². The molecule has 1 saturated carbocycles. The average Bonchev–Trinajstić information content (AvgIpc) is 3.68. The number of carbonyl (C=O) groups excluding carboxylic acids is 4. The van der Waals surface area contributed by atoms with E-state index >= 15 is 0 Å². The summed E-state index contributed by atoms with van der Waals surface area (Å²) in [4.78, 5) is 58.2. The molecule has 4 aromatic carbocycles. The van der Waals surface area contributed by atoms with Gasteiger partial charge in [-0.25, -0.2) is 0 Å². The predicted octanol–water partition coefficient (Wildman–Crippen LogP) is 6.60. The summed E-state index contributed by atoms with van der Waals surface area (Å²) in [7, 11) is 4.08. The fourth-order valence-electron chi connectivity index (χ4n) is 7.49. The van der Waals surface area contributed by atoms with Crippen LogP contribution in [0.3, 0.4) is 0 Å². The van der Waals surface area contributed by atoms with Crippen LogP contribution in [0.1, 0.15) is 87.5 Å². The molecule has 0 aromatic heterocycles. The Labute approximate surface area is 318 Å². The van der Waals surface area contributed by atoms with Crippen molar-refractivity contribution in [2.45, 2.75) is 64.1 Å². The number of carbonyl (C=O) groups is 4. The number of hydrogen-bond donors (Lipinski definition) is 2. The first-order chi connectivity index (χ1) is 26.1. The Morgan fingerprint density at radius 2 is 1.61 bits per heavy atom. The molecule has 3 N–H and O–H groups in total. The SMILES string of the molecule is CN(C)CCCOc1ccc(C2Cc3ccc(NC(=O)CC4CCCC4)cc3C(=O)N2Cc2ccc(C(=O)N(CC(N)=O)Cc3ccccc3)cc2)cc1. The molecule has 1 atom stereocenters. The van der Waals surface area contributed by atoms with Crippen molar-refractivity contribution < 1.29 is 23.9 Å². The molecule has 2 aliphatic rings. The molecule has 1 aliphatic carbocycles. The van der Waals surface area contributed by atoms with Crippen LogP contribution in [0.25, 0.3) is 0 Å². The summed E-state index contributed by atoms with van der Waals surface area (Å²) in [5.41, 5.74) is 10.8. The van der Waals surface area contributed by atoms with Crippen molar-refractivity contribution >= 4 is 29.3 Å². The first kappa shape index (κ1) is 38.3. The van der Waals surface area contributed by atoms with Gasteiger partial charge >= 0.3 is 0 Å². The zero-order valence-corrected chi connectivity index (χ0v) is 31.3. The van der Waals surface area contributed by atoms with Gasteiger partial charge in [-0.2, -0.15) is 0 Å². The zero-order valence-electron chi connectivity index (χ0n) is 31.3. The molecule has 1 fully saturated rings. The van der Waals surface area contributed by atoms with Gasteiger partial charge in [0.15, 0.2) is 0 Å². The van der Waals surface area contributed by atoms with Crippen LogP contribution in [0.15, 0.2) is 97.1 Å². The lowest BCUT2D eigenvalue weighted by Gasteiger charge is -2.37. The highest BCUT2D eigenvalue weighted by atomic mass is 16.5. The van der Waals surface area contributed by atoms with Crippen molar-refractivity contribution in [3.8, 4) is 5.75 Å². The minimum atomic E-state index is -0.591. The van der Waals surface area contributed by atoms with Crippen LogP contribution < -0.4 is 15.8 Å². The number of rotatable bonds is 16. The summed E-state index contributed by atoms with van der Waals surface area (Å²) in [5.74, 6) is 0.155. The minimum absolute atomic E-state index is 0.0170. The topological polar surface area (TPSA) is 125 Å². The Morgan fingerprint density at radius 3 is 2.30 bits per heavy atom. The third kappa shape index (κ3) is 10.1. The number of amides is 4. The van der Waals surface area contributed by atoms with Crippen LogP contribution in [-0.4, -0.2) is 72.1 Å². The minimum Gasteiger partial charge on any atom is -0.494 e. The van der Waals surface area contributed by atoms with Crippen LogP contribution >= 0.6 is 0 Å². The molecule has 282 valence electrons. The number of anilines is 1. The molecule has 0 saturated heterocycles. The van der Waals surface area contributed by atoms with Gasteiger partial charge in [-0.05, 0) is 104 Å². The van der Waals surface area contributed by atoms with E-state index in [1.165, 1.54) is 17.7 Å². The molecule has 54 heavy (non-hydrogen) atoms. The monoisotopic (exact) mass is 729 g/mol. The highest BCUT2D eigenvalue weighted by Gasteiger charge is 2.34. The summed E-state index contributed by atoms with van der Waals surface area (Å²) in [6, 6.07) is 30.0. The quantitative estimate of drug-likeness (QED) is 0.125. The highest BCUT2D eigenvalue weighted by molar-refractivity contribution is 6.00. The van der Waals surface area contributed by atoms with Gasteiger partial charge in [-0.1, -0.05) is 73.5 Å². The maximum atomic E-state index is 14.4. The second-order valence-electron chi connectivity index (χ2n) is 14.8. The smallest absolute Gasteiger partial charge is 0.255 e. The third-order valence-corrected chi connectivity index (χ3v) is 10.3. The lowest BCUT2D eigenvalue weighted by molar-refractivity contribution is -0.119. The molecule has 0 spiro atoms. The van der Waals surface area contributed by atoms with E-state index in [0.29, 0.717) is 48.7 Å². The predicted molar refractivity (Wildman–Crippen MR) is 210 cm³/mol. The van der Waals surface area contributed by atoms with E-state index in [9.17, 15) is 19.2 Å². The third-order valence-electron chi connectivity index (χ3n) is 10.3. The summed E-state index contributed by atoms with van der Waals surface area (Å²) >= 11 is 0. The molecule has 0 radical (unpaired) electrons. The Morgan fingerprint density at radius 1 is 0.889 bits per heavy atom. The summed E-state index contributed by atoms with van der Waals surface area (Å²) < 4.78 is 5.99. The fraction of sp³-hybridized carbons (Fsp3) is 0.364. The Hall–Kier alpha value is -5.48. The van der Waals surface area contributed by atoms with E-state index in [1.54, 1.807) is 18.2 Å². The largest absolute Gasteiger partial charge is 0.494 e. The Kier molecular flexibility index (Phi) is 12.8. The summed E-state index contributed by atoms with van der Waals surface area (Å²) in [6.45, 7) is 1.90. The van der Waals surface area contributed by atoms with Crippen molar-refractivity contribution in [3.63, 3.8) is 0 Å². The van der Waals surface area contributed by atoms with Gasteiger partial charge in [-0.3, -0.25) is 19.2 Å². The molecule has 6 rings (SSSR count). The second-order valence-corrected chi connectivity index (χ2v) is 14.8. The number of hydrogen-bond acceptors (Lipinski definition) is 6. The Balaban J connectivity index is 1.22. The van der Waals surface area contributed by atoms with Gasteiger partial charge in [0.2, 0.25) is 11.8 Å². The van der Waals surface area contributed by atoms with Gasteiger partial charge in [0, 0.05) is 42.9 Å². The van der Waals surface area contributed by atoms with Crippen LogP contribution in [0.4, 0.5) is 5.69 Å². The van der Waals surface area contributed by atoms with E-state index in [0.717, 1.165) is 53.8 Å². The van der Waals surface area contributed by atoms with E-state index in [-0.39, 0.29) is 36.9 Å². The molecule has 1 aliphatic heterocycles. The van der Waals surface area contributed by atoms with Gasteiger partial charge in [0.1, 0.15) is 5.75 Å². The van der Waals surface area contributed by atoms with Gasteiger partial charge in [0.05, 0.1) is 19.2 Å². The number of nitrogens with two attached hydrogens (primary N) is 1. The molecule has 4 amide bonds. The van der Waals surface area contributed by atoms with Crippen LogP contribution in [0.2, 0.25) is 0 Å². The Bertz CT molecular complexity index is 1910. The average molecular weight is 730 g/mol. The lowest BCUT2D eigenvalue weighted by Crippen LogP contribution is -2.40. The van der Waals surface area contributed by atoms with E-state index in [1.807, 2.05) is 97.9 Å².